The van der Waals surface area contributed by atoms with E-state index >= 15 is 0 Å². The van der Waals surface area contributed by atoms with Crippen LogP contribution >= 0.6 is 0 Å². The van der Waals surface area contributed by atoms with E-state index in [1.54, 1.807) is 21.3 Å². The van der Waals surface area contributed by atoms with Gasteiger partial charge in [-0.25, -0.2) is 0 Å². The molecule has 0 aliphatic heterocycles. The van der Waals surface area contributed by atoms with Gasteiger partial charge in [0, 0.05) is 17.3 Å². The molecule has 0 heterocycles. The summed E-state index contributed by atoms with van der Waals surface area (Å²) in [6, 6.07) is 13.7. The van der Waals surface area contributed by atoms with Gasteiger partial charge in [0.05, 0.1) is 27.4 Å². The number of nitrogens with one attached hydrogen (secondary N) is 1. The summed E-state index contributed by atoms with van der Waals surface area (Å²) in [6.07, 6.45) is 0. The minimum absolute atomic E-state index is 0.0714. The van der Waals surface area contributed by atoms with Crippen LogP contribution in [0.15, 0.2) is 42.5 Å². The Balaban J connectivity index is 2.24. The van der Waals surface area contributed by atoms with Crippen molar-refractivity contribution in [2.24, 2.45) is 0 Å². The van der Waals surface area contributed by atoms with Gasteiger partial charge < -0.3 is 19.5 Å². The number of anilines is 1. The van der Waals surface area contributed by atoms with Gasteiger partial charge in [0.1, 0.15) is 17.2 Å². The van der Waals surface area contributed by atoms with Crippen molar-refractivity contribution >= 4 is 5.69 Å². The average molecular weight is 287 g/mol. The van der Waals surface area contributed by atoms with Crippen molar-refractivity contribution in [2.45, 2.75) is 13.0 Å². The van der Waals surface area contributed by atoms with Crippen LogP contribution in [0.3, 0.4) is 0 Å². The van der Waals surface area contributed by atoms with Crippen LogP contribution in [0.1, 0.15) is 18.5 Å². The highest BCUT2D eigenvalue weighted by Crippen LogP contribution is 2.31. The lowest BCUT2D eigenvalue weighted by atomic mass is 10.1. The number of methoxy groups -OCH3 is 3. The molecule has 1 atom stereocenters. The Morgan fingerprint density at radius 1 is 0.857 bits per heavy atom. The molecule has 2 rings (SSSR count). The first-order chi connectivity index (χ1) is 10.2. The second kappa shape index (κ2) is 6.88. The van der Waals surface area contributed by atoms with Gasteiger partial charge in [-0.2, -0.15) is 0 Å². The van der Waals surface area contributed by atoms with Crippen molar-refractivity contribution in [1.82, 2.24) is 0 Å². The van der Waals surface area contributed by atoms with Gasteiger partial charge in [0.15, 0.2) is 0 Å². The maximum Gasteiger partial charge on any atom is 0.124 e. The van der Waals surface area contributed by atoms with Gasteiger partial charge in [0.25, 0.3) is 0 Å². The SMILES string of the molecule is COc1cccc(NC(C)c2cc(OC)ccc2OC)c1. The summed E-state index contributed by atoms with van der Waals surface area (Å²) >= 11 is 0. The van der Waals surface area contributed by atoms with E-state index in [1.807, 2.05) is 42.5 Å². The molecule has 0 fully saturated rings. The number of benzene rings is 2. The molecule has 0 amide bonds. The average Bonchev–Trinajstić information content (AvgIpc) is 2.54. The predicted molar refractivity (Wildman–Crippen MR) is 84.6 cm³/mol. The molecule has 0 bridgehead atoms. The van der Waals surface area contributed by atoms with Crippen molar-refractivity contribution in [3.05, 3.63) is 48.0 Å². The minimum atomic E-state index is 0.0714. The summed E-state index contributed by atoms with van der Waals surface area (Å²) in [5, 5.41) is 3.44. The maximum atomic E-state index is 5.43. The quantitative estimate of drug-likeness (QED) is 0.875. The molecule has 0 aliphatic rings. The molecular weight excluding hydrogens is 266 g/mol. The first kappa shape index (κ1) is 15.0. The molecule has 0 aromatic heterocycles. The Morgan fingerprint density at radius 2 is 1.57 bits per heavy atom. The molecular formula is C17H21NO3. The van der Waals surface area contributed by atoms with Gasteiger partial charge in [-0.15, -0.1) is 0 Å². The molecule has 0 radical (unpaired) electrons. The first-order valence-corrected chi connectivity index (χ1v) is 6.80. The summed E-state index contributed by atoms with van der Waals surface area (Å²) in [5.74, 6) is 2.47. The van der Waals surface area contributed by atoms with Crippen molar-refractivity contribution in [1.29, 1.82) is 0 Å². The molecule has 2 aromatic rings. The van der Waals surface area contributed by atoms with E-state index in [0.29, 0.717) is 0 Å². The molecule has 1 unspecified atom stereocenters. The Labute approximate surface area is 125 Å². The van der Waals surface area contributed by atoms with E-state index in [2.05, 4.69) is 12.2 Å². The summed E-state index contributed by atoms with van der Waals surface area (Å²) < 4.78 is 16.0. The third kappa shape index (κ3) is 3.60. The summed E-state index contributed by atoms with van der Waals surface area (Å²) in [6.45, 7) is 2.08. The fourth-order valence-corrected chi connectivity index (χ4v) is 2.22. The molecule has 112 valence electrons. The summed E-state index contributed by atoms with van der Waals surface area (Å²) in [4.78, 5) is 0. The Kier molecular flexibility index (Phi) is 4.93. The summed E-state index contributed by atoms with van der Waals surface area (Å²) in [5.41, 5.74) is 2.03. The van der Waals surface area contributed by atoms with E-state index in [1.165, 1.54) is 0 Å². The Hall–Kier alpha value is -2.36. The highest BCUT2D eigenvalue weighted by Gasteiger charge is 2.13. The zero-order valence-corrected chi connectivity index (χ0v) is 12.8. The van der Waals surface area contributed by atoms with Crippen LogP contribution in [0.25, 0.3) is 0 Å². The minimum Gasteiger partial charge on any atom is -0.497 e. The van der Waals surface area contributed by atoms with E-state index in [9.17, 15) is 0 Å². The van der Waals surface area contributed by atoms with Crippen LogP contribution < -0.4 is 19.5 Å². The summed E-state index contributed by atoms with van der Waals surface area (Å²) in [7, 11) is 4.99. The Morgan fingerprint density at radius 3 is 2.24 bits per heavy atom. The second-order valence-electron chi connectivity index (χ2n) is 4.71. The van der Waals surface area contributed by atoms with Gasteiger partial charge in [-0.05, 0) is 37.3 Å². The molecule has 21 heavy (non-hydrogen) atoms. The molecule has 0 spiro atoms. The van der Waals surface area contributed by atoms with Crippen LogP contribution in [0.4, 0.5) is 5.69 Å². The zero-order valence-electron chi connectivity index (χ0n) is 12.8. The molecule has 0 saturated carbocycles. The molecule has 1 N–H and O–H groups in total. The molecule has 0 aliphatic carbocycles. The lowest BCUT2D eigenvalue weighted by Gasteiger charge is -2.19. The maximum absolute atomic E-state index is 5.43. The van der Waals surface area contributed by atoms with E-state index < -0.39 is 0 Å². The standard InChI is InChI=1S/C17H21NO3/c1-12(18-13-6-5-7-14(10-13)19-2)16-11-15(20-3)8-9-17(16)21-4/h5-12,18H,1-4H3. The molecule has 4 nitrogen and oxygen atoms in total. The number of hydrogen-bond donors (Lipinski definition) is 1. The van der Waals surface area contributed by atoms with Crippen LogP contribution in [-0.2, 0) is 0 Å². The van der Waals surface area contributed by atoms with Gasteiger partial charge in [-0.1, -0.05) is 6.07 Å². The highest BCUT2D eigenvalue weighted by atomic mass is 16.5. The number of ether oxygens (including phenoxy) is 3. The first-order valence-electron chi connectivity index (χ1n) is 6.80. The highest BCUT2D eigenvalue weighted by molar-refractivity contribution is 5.52. The van der Waals surface area contributed by atoms with E-state index in [4.69, 9.17) is 14.2 Å². The van der Waals surface area contributed by atoms with E-state index in [0.717, 1.165) is 28.5 Å². The van der Waals surface area contributed by atoms with Crippen molar-refractivity contribution in [3.63, 3.8) is 0 Å². The smallest absolute Gasteiger partial charge is 0.124 e. The van der Waals surface area contributed by atoms with Crippen LogP contribution in [0, 0.1) is 0 Å². The second-order valence-corrected chi connectivity index (χ2v) is 4.71. The Bertz CT molecular complexity index is 598. The van der Waals surface area contributed by atoms with E-state index in [-0.39, 0.29) is 6.04 Å². The lowest BCUT2D eigenvalue weighted by Crippen LogP contribution is -2.08. The van der Waals surface area contributed by atoms with Gasteiger partial charge in [-0.3, -0.25) is 0 Å². The van der Waals surface area contributed by atoms with Gasteiger partial charge in [0.2, 0.25) is 0 Å². The van der Waals surface area contributed by atoms with Crippen LogP contribution in [-0.4, -0.2) is 21.3 Å². The normalized spacial score (nSPS) is 11.6. The fraction of sp³-hybridized carbons (Fsp3) is 0.294. The largest absolute Gasteiger partial charge is 0.497 e. The fourth-order valence-electron chi connectivity index (χ4n) is 2.22. The topological polar surface area (TPSA) is 39.7 Å². The lowest BCUT2D eigenvalue weighted by molar-refractivity contribution is 0.397. The van der Waals surface area contributed by atoms with Crippen molar-refractivity contribution in [2.75, 3.05) is 26.6 Å². The van der Waals surface area contributed by atoms with Crippen LogP contribution in [0.2, 0.25) is 0 Å². The third-order valence-corrected chi connectivity index (χ3v) is 3.36. The van der Waals surface area contributed by atoms with Gasteiger partial charge >= 0.3 is 0 Å². The third-order valence-electron chi connectivity index (χ3n) is 3.36. The van der Waals surface area contributed by atoms with Crippen molar-refractivity contribution < 1.29 is 14.2 Å². The molecule has 2 aromatic carbocycles. The molecule has 0 saturated heterocycles. The van der Waals surface area contributed by atoms with Crippen molar-refractivity contribution in [3.8, 4) is 17.2 Å². The zero-order chi connectivity index (χ0) is 15.2. The molecule has 4 heteroatoms. The monoisotopic (exact) mass is 287 g/mol. The van der Waals surface area contributed by atoms with Crippen LogP contribution in [0.5, 0.6) is 17.2 Å². The predicted octanol–water partition coefficient (Wildman–Crippen LogP) is 3.89. The number of rotatable bonds is 6. The number of hydrogen-bond acceptors (Lipinski definition) is 4.